The lowest BCUT2D eigenvalue weighted by Gasteiger charge is -2.50. The molecule has 6 unspecified atom stereocenters. The zero-order valence-corrected chi connectivity index (χ0v) is 20.6. The number of aryl methyl sites for hydroxylation is 2. The zero-order valence-electron chi connectivity index (χ0n) is 19.6. The van der Waals surface area contributed by atoms with Gasteiger partial charge in [-0.2, -0.15) is 0 Å². The molecule has 0 radical (unpaired) electrons. The highest BCUT2D eigenvalue weighted by molar-refractivity contribution is 7.39. The van der Waals surface area contributed by atoms with Gasteiger partial charge in [-0.25, -0.2) is 0 Å². The van der Waals surface area contributed by atoms with Crippen molar-refractivity contribution in [2.45, 2.75) is 70.6 Å². The second kappa shape index (κ2) is 9.73. The predicted octanol–water partition coefficient (Wildman–Crippen LogP) is 6.01. The number of aliphatic imine (C=N–C) groups is 1. The summed E-state index contributed by atoms with van der Waals surface area (Å²) in [5.41, 5.74) is 6.84. The van der Waals surface area contributed by atoms with E-state index in [1.165, 1.54) is 69.3 Å². The van der Waals surface area contributed by atoms with Gasteiger partial charge in [-0.1, -0.05) is 37.3 Å². The first kappa shape index (κ1) is 22.3. The van der Waals surface area contributed by atoms with Crippen molar-refractivity contribution in [1.82, 2.24) is 0 Å². The third kappa shape index (κ3) is 4.11. The van der Waals surface area contributed by atoms with Gasteiger partial charge in [-0.05, 0) is 104 Å². The Morgan fingerprint density at radius 2 is 2.20 bits per heavy atom. The van der Waals surface area contributed by atoms with Crippen molar-refractivity contribution in [2.75, 3.05) is 19.3 Å². The molecule has 1 nitrogen and oxygen atoms in total. The molecule has 4 rings (SSSR count). The monoisotopic (exact) mass is 421 g/mol. The van der Waals surface area contributed by atoms with Gasteiger partial charge in [0, 0.05) is 18.2 Å². The van der Waals surface area contributed by atoms with Crippen LogP contribution in [-0.4, -0.2) is 32.8 Å². The molecule has 0 aromatic heterocycles. The van der Waals surface area contributed by atoms with E-state index in [2.05, 4.69) is 45.6 Å². The van der Waals surface area contributed by atoms with Crippen LogP contribution in [0.25, 0.3) is 0 Å². The van der Waals surface area contributed by atoms with E-state index >= 15 is 0 Å². The topological polar surface area (TPSA) is 12.4 Å². The fraction of sp³-hybridized carbons (Fsp3) is 0.667. The van der Waals surface area contributed by atoms with Gasteiger partial charge in [0.2, 0.25) is 0 Å². The largest absolute Gasteiger partial charge is 0.297 e. The normalized spacial score (nSPS) is 34.1. The van der Waals surface area contributed by atoms with Gasteiger partial charge in [-0.3, -0.25) is 4.99 Å². The molecule has 2 fully saturated rings. The summed E-state index contributed by atoms with van der Waals surface area (Å²) in [6.45, 7) is 6.56. The predicted molar refractivity (Wildman–Crippen MR) is 138 cm³/mol. The zero-order chi connectivity index (χ0) is 21.1. The van der Waals surface area contributed by atoms with Gasteiger partial charge in [0.05, 0.1) is 0 Å². The van der Waals surface area contributed by atoms with E-state index in [1.807, 2.05) is 7.05 Å². The Morgan fingerprint density at radius 3 is 2.97 bits per heavy atom. The summed E-state index contributed by atoms with van der Waals surface area (Å²) >= 11 is 0. The minimum atomic E-state index is 0.346. The Labute approximate surface area is 187 Å². The van der Waals surface area contributed by atoms with Crippen molar-refractivity contribution in [1.29, 1.82) is 0 Å². The van der Waals surface area contributed by atoms with Crippen LogP contribution >= 0.6 is 8.58 Å². The number of hydrogen-bond donors (Lipinski definition) is 0. The summed E-state index contributed by atoms with van der Waals surface area (Å²) < 4.78 is 0. The van der Waals surface area contributed by atoms with Crippen LogP contribution in [0.1, 0.15) is 74.5 Å². The summed E-state index contributed by atoms with van der Waals surface area (Å²) in [6.07, 6.45) is 15.2. The lowest BCUT2D eigenvalue weighted by atomic mass is 9.54. The lowest BCUT2D eigenvalue weighted by Crippen LogP contribution is -2.44. The van der Waals surface area contributed by atoms with Crippen molar-refractivity contribution >= 4 is 22.1 Å². The quantitative estimate of drug-likeness (QED) is 0.211. The molecule has 0 N–H and O–H groups in total. The summed E-state index contributed by atoms with van der Waals surface area (Å²) in [6, 6.07) is 8.93. The first-order chi connectivity index (χ1) is 14.6. The maximum Gasteiger partial charge on any atom is 0.106 e. The van der Waals surface area contributed by atoms with Crippen molar-refractivity contribution in [2.24, 2.45) is 28.2 Å². The minimum absolute atomic E-state index is 0.346. The molecule has 162 valence electrons. The minimum Gasteiger partial charge on any atom is -0.297 e. The van der Waals surface area contributed by atoms with Crippen LogP contribution in [0.2, 0.25) is 0 Å². The highest BCUT2D eigenvalue weighted by atomic mass is 31.1. The van der Waals surface area contributed by atoms with Crippen LogP contribution < -0.4 is 0 Å². The SMILES string of the molecule is BCPCCCc1ccc2c(c1)CCC1C2CCC2(C)/C(=N/C)CC(CCC=C)C12. The molecular weight excluding hydrogens is 380 g/mol. The number of nitrogens with zero attached hydrogens (tertiary/aromatic N) is 1. The average molecular weight is 421 g/mol. The first-order valence-electron chi connectivity index (χ1n) is 12.5. The average Bonchev–Trinajstić information content (AvgIpc) is 3.06. The third-order valence-electron chi connectivity index (χ3n) is 8.75. The Kier molecular flexibility index (Phi) is 7.24. The van der Waals surface area contributed by atoms with Crippen molar-refractivity contribution < 1.29 is 0 Å². The molecule has 2 saturated carbocycles. The molecule has 3 heteroatoms. The maximum atomic E-state index is 4.83. The Bertz CT molecular complexity index is 787. The maximum absolute atomic E-state index is 4.83. The van der Waals surface area contributed by atoms with Crippen LogP contribution in [0, 0.1) is 23.2 Å². The molecule has 0 saturated heterocycles. The molecule has 1 aromatic rings. The number of rotatable bonds is 8. The summed E-state index contributed by atoms with van der Waals surface area (Å²) in [5.74, 6) is 3.25. The highest BCUT2D eigenvalue weighted by Crippen LogP contribution is 2.62. The van der Waals surface area contributed by atoms with Crippen LogP contribution in [0.5, 0.6) is 0 Å². The number of benzene rings is 1. The van der Waals surface area contributed by atoms with Gasteiger partial charge >= 0.3 is 0 Å². The van der Waals surface area contributed by atoms with Crippen LogP contribution in [0.3, 0.4) is 0 Å². The number of fused-ring (bicyclic) bond motifs is 5. The van der Waals surface area contributed by atoms with Crippen LogP contribution in [-0.2, 0) is 12.8 Å². The fourth-order valence-electron chi connectivity index (χ4n) is 7.41. The molecule has 3 aliphatic carbocycles. The van der Waals surface area contributed by atoms with E-state index in [-0.39, 0.29) is 0 Å². The number of hydrogen-bond acceptors (Lipinski definition) is 1. The van der Waals surface area contributed by atoms with E-state index in [9.17, 15) is 0 Å². The Hall–Kier alpha value is -0.875. The Morgan fingerprint density at radius 1 is 1.33 bits per heavy atom. The fourth-order valence-corrected chi connectivity index (χ4v) is 8.19. The van der Waals surface area contributed by atoms with E-state index < -0.39 is 0 Å². The molecule has 1 aromatic carbocycles. The molecule has 0 heterocycles. The summed E-state index contributed by atoms with van der Waals surface area (Å²) in [4.78, 5) is 4.83. The van der Waals surface area contributed by atoms with E-state index in [0.717, 1.165) is 38.7 Å². The summed E-state index contributed by atoms with van der Waals surface area (Å²) in [5, 5.41) is 0. The van der Waals surface area contributed by atoms with Crippen molar-refractivity contribution in [3.8, 4) is 0 Å². The lowest BCUT2D eigenvalue weighted by molar-refractivity contribution is 0.0576. The van der Waals surface area contributed by atoms with Crippen LogP contribution in [0.15, 0.2) is 35.8 Å². The van der Waals surface area contributed by atoms with Crippen molar-refractivity contribution in [3.05, 3.63) is 47.5 Å². The first-order valence-corrected chi connectivity index (χ1v) is 13.9. The van der Waals surface area contributed by atoms with Crippen molar-refractivity contribution in [3.63, 3.8) is 0 Å². The molecular formula is C27H41BNP. The second-order valence-corrected chi connectivity index (χ2v) is 12.0. The smallest absolute Gasteiger partial charge is 0.106 e. The van der Waals surface area contributed by atoms with Crippen LogP contribution in [0.4, 0.5) is 0 Å². The number of allylic oxidation sites excluding steroid dienone is 1. The van der Waals surface area contributed by atoms with Gasteiger partial charge in [-0.15, -0.1) is 15.2 Å². The molecule has 0 aliphatic heterocycles. The second-order valence-electron chi connectivity index (χ2n) is 10.3. The molecule has 0 spiro atoms. The Balaban J connectivity index is 1.55. The molecule has 0 amide bonds. The van der Waals surface area contributed by atoms with Gasteiger partial charge in [0.25, 0.3) is 0 Å². The highest BCUT2D eigenvalue weighted by Gasteiger charge is 2.56. The van der Waals surface area contributed by atoms with E-state index in [0.29, 0.717) is 5.41 Å². The van der Waals surface area contributed by atoms with E-state index in [4.69, 9.17) is 4.99 Å². The van der Waals surface area contributed by atoms with Gasteiger partial charge in [0.1, 0.15) is 7.85 Å². The van der Waals surface area contributed by atoms with Gasteiger partial charge < -0.3 is 0 Å². The van der Waals surface area contributed by atoms with E-state index in [1.54, 1.807) is 16.7 Å². The molecule has 3 aliphatic rings. The molecule has 6 atom stereocenters. The third-order valence-corrected chi connectivity index (χ3v) is 9.95. The standard InChI is InChI=1S/C27H41BNP/c1-4-5-8-21-17-25(29-3)27(2)14-13-23-22-11-9-19(7-6-15-30-18-28)16-20(22)10-12-24(23)26(21)27/h4,9,11,16,21,23-24,26,30H,1,5-8,10,12-15,17-18,28H2,2-3H3/b29-25+. The molecule has 0 bridgehead atoms. The van der Waals surface area contributed by atoms with Gasteiger partial charge in [0.15, 0.2) is 0 Å². The molecule has 30 heavy (non-hydrogen) atoms. The summed E-state index contributed by atoms with van der Waals surface area (Å²) in [7, 11) is 5.50.